The van der Waals surface area contributed by atoms with Gasteiger partial charge in [0.1, 0.15) is 0 Å². The van der Waals surface area contributed by atoms with Gasteiger partial charge in [0.05, 0.1) is 6.04 Å². The number of aliphatic imine (C=N–C) groups is 1. The molecule has 2 nitrogen and oxygen atoms in total. The Balaban J connectivity index is 2.41. The first-order chi connectivity index (χ1) is 7.17. The molecule has 0 aromatic carbocycles. The van der Waals surface area contributed by atoms with Crippen LogP contribution in [0.3, 0.4) is 0 Å². The second kappa shape index (κ2) is 6.41. The van der Waals surface area contributed by atoms with Gasteiger partial charge in [-0.1, -0.05) is 45.9 Å². The summed E-state index contributed by atoms with van der Waals surface area (Å²) in [5, 5.41) is 4.74. The number of hydrogen-bond donors (Lipinski definition) is 1. The molecule has 1 N–H and O–H groups in total. The normalized spacial score (nSPS) is 23.0. The fourth-order valence-electron chi connectivity index (χ4n) is 1.71. The largest absolute Gasteiger partial charge is 0.362 e. The molecule has 0 saturated heterocycles. The zero-order chi connectivity index (χ0) is 11.3. The Bertz CT molecular complexity index is 214. The van der Waals surface area contributed by atoms with Gasteiger partial charge >= 0.3 is 0 Å². The Kier molecular flexibility index (Phi) is 5.51. The third-order valence-corrected chi connectivity index (χ3v) is 3.91. The van der Waals surface area contributed by atoms with Crippen molar-refractivity contribution in [2.75, 3.05) is 5.75 Å². The van der Waals surface area contributed by atoms with Crippen LogP contribution in [-0.2, 0) is 0 Å². The number of thioether (sulfide) groups is 1. The molecule has 2 atom stereocenters. The highest BCUT2D eigenvalue weighted by Crippen LogP contribution is 2.22. The van der Waals surface area contributed by atoms with E-state index in [9.17, 15) is 0 Å². The molecule has 0 aromatic heterocycles. The lowest BCUT2D eigenvalue weighted by Crippen LogP contribution is -2.31. The number of nitrogens with zero attached hydrogens (tertiary/aromatic N) is 1. The standard InChI is InChI=1S/C12H24N2S/c1-5-7-10(6-2)13-12-14-11(8-15-12)9(3)4/h9-11H,5-8H2,1-4H3,(H,13,14)/t10?,11-/m1/s1. The van der Waals surface area contributed by atoms with Crippen LogP contribution in [0.15, 0.2) is 4.99 Å². The molecule has 0 bridgehead atoms. The maximum Gasteiger partial charge on any atom is 0.157 e. The second-order valence-corrected chi connectivity index (χ2v) is 5.60. The van der Waals surface area contributed by atoms with Gasteiger partial charge in [0.2, 0.25) is 0 Å². The Morgan fingerprint density at radius 3 is 2.67 bits per heavy atom. The average Bonchev–Trinajstić information content (AvgIpc) is 2.65. The van der Waals surface area contributed by atoms with E-state index in [2.05, 4.69) is 33.0 Å². The van der Waals surface area contributed by atoms with Crippen LogP contribution < -0.4 is 5.32 Å². The van der Waals surface area contributed by atoms with Crippen molar-refractivity contribution < 1.29 is 0 Å². The van der Waals surface area contributed by atoms with E-state index in [1.807, 2.05) is 11.8 Å². The topological polar surface area (TPSA) is 24.4 Å². The first-order valence-corrected chi connectivity index (χ1v) is 7.13. The molecule has 0 aliphatic carbocycles. The number of nitrogens with one attached hydrogen (secondary N) is 1. The Hall–Kier alpha value is -0.180. The predicted octanol–water partition coefficient (Wildman–Crippen LogP) is 3.28. The smallest absolute Gasteiger partial charge is 0.157 e. The zero-order valence-corrected chi connectivity index (χ0v) is 11.2. The van der Waals surface area contributed by atoms with Crippen molar-refractivity contribution in [1.82, 2.24) is 5.32 Å². The van der Waals surface area contributed by atoms with Crippen LogP contribution in [0, 0.1) is 5.92 Å². The maximum absolute atomic E-state index is 4.73. The highest BCUT2D eigenvalue weighted by Gasteiger charge is 2.22. The highest BCUT2D eigenvalue weighted by atomic mass is 32.2. The number of rotatable bonds is 5. The lowest BCUT2D eigenvalue weighted by atomic mass is 10.1. The molecule has 1 heterocycles. The fraction of sp³-hybridized carbons (Fsp3) is 0.917. The summed E-state index contributed by atoms with van der Waals surface area (Å²) in [6.45, 7) is 8.99. The third kappa shape index (κ3) is 4.06. The molecule has 0 spiro atoms. The van der Waals surface area contributed by atoms with E-state index in [0.717, 1.165) is 5.75 Å². The van der Waals surface area contributed by atoms with E-state index >= 15 is 0 Å². The molecule has 1 aliphatic heterocycles. The summed E-state index contributed by atoms with van der Waals surface area (Å²) in [7, 11) is 0. The van der Waals surface area contributed by atoms with Crippen molar-refractivity contribution in [3.05, 3.63) is 0 Å². The van der Waals surface area contributed by atoms with Crippen molar-refractivity contribution in [3.8, 4) is 0 Å². The fourth-order valence-corrected chi connectivity index (χ4v) is 2.96. The van der Waals surface area contributed by atoms with Gasteiger partial charge in [0.15, 0.2) is 5.17 Å². The minimum Gasteiger partial charge on any atom is -0.362 e. The molecule has 88 valence electrons. The van der Waals surface area contributed by atoms with Gasteiger partial charge in [0, 0.05) is 11.8 Å². The molecule has 0 amide bonds. The van der Waals surface area contributed by atoms with Crippen LogP contribution in [0.4, 0.5) is 0 Å². The van der Waals surface area contributed by atoms with E-state index in [-0.39, 0.29) is 0 Å². The summed E-state index contributed by atoms with van der Waals surface area (Å²) >= 11 is 1.89. The first-order valence-electron chi connectivity index (χ1n) is 6.14. The van der Waals surface area contributed by atoms with E-state index in [4.69, 9.17) is 4.99 Å². The average molecular weight is 228 g/mol. The Morgan fingerprint density at radius 2 is 2.20 bits per heavy atom. The summed E-state index contributed by atoms with van der Waals surface area (Å²) in [6, 6.07) is 1.14. The van der Waals surface area contributed by atoms with Crippen molar-refractivity contribution >= 4 is 16.9 Å². The quantitative estimate of drug-likeness (QED) is 0.781. The monoisotopic (exact) mass is 228 g/mol. The molecule has 0 radical (unpaired) electrons. The van der Waals surface area contributed by atoms with E-state index in [1.165, 1.54) is 24.4 Å². The van der Waals surface area contributed by atoms with Crippen LogP contribution in [0.1, 0.15) is 47.0 Å². The van der Waals surface area contributed by atoms with Crippen molar-refractivity contribution in [3.63, 3.8) is 0 Å². The van der Waals surface area contributed by atoms with Crippen molar-refractivity contribution in [2.24, 2.45) is 10.9 Å². The summed E-state index contributed by atoms with van der Waals surface area (Å²) in [5.74, 6) is 1.82. The molecule has 1 unspecified atom stereocenters. The SMILES string of the molecule is CCCC(CC)NC1=N[C@@H](C(C)C)CS1. The van der Waals surface area contributed by atoms with Gasteiger partial charge in [-0.2, -0.15) is 0 Å². The molecule has 1 rings (SSSR count). The second-order valence-electron chi connectivity index (χ2n) is 4.59. The van der Waals surface area contributed by atoms with Gasteiger partial charge in [-0.15, -0.1) is 0 Å². The molecule has 0 aromatic rings. The summed E-state index contributed by atoms with van der Waals surface area (Å²) in [4.78, 5) is 4.73. The summed E-state index contributed by atoms with van der Waals surface area (Å²) < 4.78 is 0. The van der Waals surface area contributed by atoms with Crippen LogP contribution in [-0.4, -0.2) is 23.0 Å². The maximum atomic E-state index is 4.73. The van der Waals surface area contributed by atoms with Gasteiger partial charge in [-0.25, -0.2) is 0 Å². The van der Waals surface area contributed by atoms with Crippen LogP contribution in [0.25, 0.3) is 0 Å². The van der Waals surface area contributed by atoms with E-state index in [0.29, 0.717) is 18.0 Å². The van der Waals surface area contributed by atoms with Crippen LogP contribution >= 0.6 is 11.8 Å². The lowest BCUT2D eigenvalue weighted by molar-refractivity contribution is 0.525. The Morgan fingerprint density at radius 1 is 1.47 bits per heavy atom. The molecule has 1 aliphatic rings. The highest BCUT2D eigenvalue weighted by molar-refractivity contribution is 8.14. The van der Waals surface area contributed by atoms with E-state index < -0.39 is 0 Å². The molecule has 0 fully saturated rings. The molecule has 3 heteroatoms. The van der Waals surface area contributed by atoms with Gasteiger partial charge < -0.3 is 5.32 Å². The summed E-state index contributed by atoms with van der Waals surface area (Å²) in [5.41, 5.74) is 0. The first kappa shape index (κ1) is 12.9. The van der Waals surface area contributed by atoms with E-state index in [1.54, 1.807) is 0 Å². The summed E-state index contributed by atoms with van der Waals surface area (Å²) in [6.07, 6.45) is 3.69. The minimum absolute atomic E-state index is 0.525. The van der Waals surface area contributed by atoms with Gasteiger partial charge in [0.25, 0.3) is 0 Å². The van der Waals surface area contributed by atoms with Crippen LogP contribution in [0.5, 0.6) is 0 Å². The molecule has 0 saturated carbocycles. The van der Waals surface area contributed by atoms with Crippen molar-refractivity contribution in [2.45, 2.75) is 59.0 Å². The molecule has 15 heavy (non-hydrogen) atoms. The third-order valence-electron chi connectivity index (χ3n) is 2.90. The van der Waals surface area contributed by atoms with Gasteiger partial charge in [-0.05, 0) is 18.8 Å². The minimum atomic E-state index is 0.525. The molecular formula is C12H24N2S. The molecular weight excluding hydrogens is 204 g/mol. The van der Waals surface area contributed by atoms with Crippen molar-refractivity contribution in [1.29, 1.82) is 0 Å². The number of amidine groups is 1. The Labute approximate surface area is 98.3 Å². The predicted molar refractivity (Wildman–Crippen MR) is 70.6 cm³/mol. The van der Waals surface area contributed by atoms with Gasteiger partial charge in [-0.3, -0.25) is 4.99 Å². The zero-order valence-electron chi connectivity index (χ0n) is 10.4. The van der Waals surface area contributed by atoms with Crippen LogP contribution in [0.2, 0.25) is 0 Å². The lowest BCUT2D eigenvalue weighted by Gasteiger charge is -2.16. The number of hydrogen-bond acceptors (Lipinski definition) is 3.